The third kappa shape index (κ3) is 2.75. The molecular weight excluding hydrogens is 236 g/mol. The van der Waals surface area contributed by atoms with Gasteiger partial charge in [-0.2, -0.15) is 0 Å². The molecule has 14 heavy (non-hydrogen) atoms. The van der Waals surface area contributed by atoms with Crippen molar-refractivity contribution in [1.82, 2.24) is 14.5 Å². The first kappa shape index (κ1) is 10.5. The van der Waals surface area contributed by atoms with Crippen LogP contribution in [0.1, 0.15) is 5.69 Å². The summed E-state index contributed by atoms with van der Waals surface area (Å²) in [4.78, 5) is 2.39. The highest BCUT2D eigenvalue weighted by Crippen LogP contribution is 2.25. The minimum Gasteiger partial charge on any atom is -0.388 e. The van der Waals surface area contributed by atoms with Crippen molar-refractivity contribution in [1.29, 1.82) is 0 Å². The number of hydrogen-bond donors (Lipinski definition) is 1. The van der Waals surface area contributed by atoms with Crippen LogP contribution in [-0.4, -0.2) is 39.1 Å². The van der Waals surface area contributed by atoms with E-state index < -0.39 is 0 Å². The molecule has 0 amide bonds. The lowest BCUT2D eigenvalue weighted by Gasteiger charge is -2.17. The van der Waals surface area contributed by atoms with Gasteiger partial charge in [-0.3, -0.25) is 4.90 Å². The summed E-state index contributed by atoms with van der Waals surface area (Å²) in [7, 11) is 3.89. The van der Waals surface area contributed by atoms with Crippen molar-refractivity contribution in [2.45, 2.75) is 6.54 Å². The molecule has 0 saturated carbocycles. The van der Waals surface area contributed by atoms with E-state index in [1.54, 1.807) is 0 Å². The Hall–Kier alpha value is 0.0200. The molecule has 4 nitrogen and oxygen atoms in total. The number of hydrogen-bond acceptors (Lipinski definition) is 7. The highest BCUT2D eigenvalue weighted by molar-refractivity contribution is 8.76. The molecule has 7 heteroatoms. The van der Waals surface area contributed by atoms with Gasteiger partial charge < -0.3 is 5.73 Å². The summed E-state index contributed by atoms with van der Waals surface area (Å²) in [5, 5.41) is 4.79. The standard InChI is InChI=1S/C7H12N4S3/c8-7-6(9-10-14-7)5-11-1-3-12-13-4-2-11/h1-5,8H2. The Labute approximate surface area is 95.2 Å². The van der Waals surface area contributed by atoms with E-state index in [9.17, 15) is 0 Å². The zero-order chi connectivity index (χ0) is 9.80. The predicted octanol–water partition coefficient (Wildman–Crippen LogP) is 1.32. The third-order valence-electron chi connectivity index (χ3n) is 2.02. The number of nitrogens with zero attached hydrogens (tertiary/aromatic N) is 3. The van der Waals surface area contributed by atoms with Gasteiger partial charge in [0.05, 0.1) is 0 Å². The van der Waals surface area contributed by atoms with Crippen molar-refractivity contribution in [2.24, 2.45) is 0 Å². The zero-order valence-electron chi connectivity index (χ0n) is 7.68. The van der Waals surface area contributed by atoms with Gasteiger partial charge >= 0.3 is 0 Å². The average Bonchev–Trinajstić information content (AvgIpc) is 2.44. The smallest absolute Gasteiger partial charge is 0.132 e. The first-order valence-electron chi connectivity index (χ1n) is 4.40. The Bertz CT molecular complexity index is 282. The Balaban J connectivity index is 1.92. The number of aromatic nitrogens is 2. The molecule has 1 aromatic heterocycles. The fourth-order valence-corrected chi connectivity index (χ4v) is 3.75. The van der Waals surface area contributed by atoms with E-state index in [0.717, 1.165) is 30.3 Å². The van der Waals surface area contributed by atoms with E-state index in [2.05, 4.69) is 14.5 Å². The molecule has 1 aliphatic rings. The predicted molar refractivity (Wildman–Crippen MR) is 64.5 cm³/mol. The van der Waals surface area contributed by atoms with Gasteiger partial charge in [0.2, 0.25) is 0 Å². The van der Waals surface area contributed by atoms with Crippen LogP contribution in [0.15, 0.2) is 0 Å². The van der Waals surface area contributed by atoms with Crippen LogP contribution in [0.5, 0.6) is 0 Å². The maximum Gasteiger partial charge on any atom is 0.132 e. The third-order valence-corrected chi connectivity index (χ3v) is 4.98. The quantitative estimate of drug-likeness (QED) is 0.797. The van der Waals surface area contributed by atoms with Gasteiger partial charge in [0.15, 0.2) is 0 Å². The summed E-state index contributed by atoms with van der Waals surface area (Å²) in [5.41, 5.74) is 6.69. The molecular formula is C7H12N4S3. The minimum atomic E-state index is 0.759. The molecule has 0 unspecified atom stereocenters. The normalized spacial score (nSPS) is 19.4. The second-order valence-electron chi connectivity index (χ2n) is 3.00. The van der Waals surface area contributed by atoms with Crippen molar-refractivity contribution in [3.8, 4) is 0 Å². The van der Waals surface area contributed by atoms with Crippen LogP contribution in [0.3, 0.4) is 0 Å². The minimum absolute atomic E-state index is 0.759. The van der Waals surface area contributed by atoms with Gasteiger partial charge in [0.25, 0.3) is 0 Å². The van der Waals surface area contributed by atoms with Crippen LogP contribution >= 0.6 is 33.1 Å². The average molecular weight is 248 g/mol. The summed E-state index contributed by atoms with van der Waals surface area (Å²) in [5.74, 6) is 2.37. The molecule has 1 saturated heterocycles. The lowest BCUT2D eigenvalue weighted by molar-refractivity contribution is 0.299. The number of anilines is 1. The zero-order valence-corrected chi connectivity index (χ0v) is 10.1. The van der Waals surface area contributed by atoms with Crippen molar-refractivity contribution < 1.29 is 0 Å². The molecule has 1 aromatic rings. The van der Waals surface area contributed by atoms with E-state index in [0.29, 0.717) is 0 Å². The van der Waals surface area contributed by atoms with Gasteiger partial charge in [-0.15, -0.1) is 5.10 Å². The van der Waals surface area contributed by atoms with Crippen LogP contribution in [0.2, 0.25) is 0 Å². The molecule has 0 radical (unpaired) electrons. The fourth-order valence-electron chi connectivity index (χ4n) is 1.26. The molecule has 1 fully saturated rings. The van der Waals surface area contributed by atoms with E-state index in [-0.39, 0.29) is 0 Å². The summed E-state index contributed by atoms with van der Waals surface area (Å²) >= 11 is 1.28. The summed E-state index contributed by atoms with van der Waals surface area (Å²) in [6.45, 7) is 3.09. The molecule has 2 heterocycles. The van der Waals surface area contributed by atoms with Gasteiger partial charge in [-0.25, -0.2) is 0 Å². The molecule has 2 rings (SSSR count). The molecule has 0 aromatic carbocycles. The van der Waals surface area contributed by atoms with Crippen molar-refractivity contribution in [3.63, 3.8) is 0 Å². The second kappa shape index (κ2) is 5.20. The molecule has 0 aliphatic carbocycles. The number of nitrogens with two attached hydrogens (primary N) is 1. The SMILES string of the molecule is Nc1snnc1CN1CCSSCC1. The highest BCUT2D eigenvalue weighted by atomic mass is 33.1. The number of rotatable bonds is 2. The van der Waals surface area contributed by atoms with Crippen LogP contribution in [-0.2, 0) is 6.54 Å². The summed E-state index contributed by atoms with van der Waals surface area (Å²) < 4.78 is 3.84. The topological polar surface area (TPSA) is 55.0 Å². The van der Waals surface area contributed by atoms with E-state index in [1.165, 1.54) is 23.0 Å². The van der Waals surface area contributed by atoms with Crippen LogP contribution < -0.4 is 5.73 Å². The summed E-state index contributed by atoms with van der Waals surface area (Å²) in [6, 6.07) is 0. The van der Waals surface area contributed by atoms with Crippen molar-refractivity contribution in [3.05, 3.63) is 5.69 Å². The second-order valence-corrected chi connectivity index (χ2v) is 6.49. The van der Waals surface area contributed by atoms with Crippen LogP contribution in [0.25, 0.3) is 0 Å². The van der Waals surface area contributed by atoms with Crippen LogP contribution in [0.4, 0.5) is 5.00 Å². The number of nitrogen functional groups attached to an aromatic ring is 1. The van der Waals surface area contributed by atoms with Crippen molar-refractivity contribution >= 4 is 38.1 Å². The Morgan fingerprint density at radius 3 is 2.57 bits per heavy atom. The molecule has 2 N–H and O–H groups in total. The van der Waals surface area contributed by atoms with Gasteiger partial charge in [0, 0.05) is 42.7 Å². The lowest BCUT2D eigenvalue weighted by atomic mass is 10.4. The van der Waals surface area contributed by atoms with Gasteiger partial charge in [-0.1, -0.05) is 26.1 Å². The van der Waals surface area contributed by atoms with Crippen molar-refractivity contribution in [2.75, 3.05) is 30.3 Å². The van der Waals surface area contributed by atoms with Gasteiger partial charge in [0.1, 0.15) is 10.7 Å². The largest absolute Gasteiger partial charge is 0.388 e. The lowest BCUT2D eigenvalue weighted by Crippen LogP contribution is -2.27. The van der Waals surface area contributed by atoms with Gasteiger partial charge in [-0.05, 0) is 0 Å². The molecule has 0 atom stereocenters. The van der Waals surface area contributed by atoms with Crippen LogP contribution in [0, 0.1) is 0 Å². The Kier molecular flexibility index (Phi) is 3.91. The molecule has 0 bridgehead atoms. The summed E-state index contributed by atoms with van der Waals surface area (Å²) in [6.07, 6.45) is 0. The first-order valence-corrected chi connectivity index (χ1v) is 7.66. The Morgan fingerprint density at radius 1 is 1.29 bits per heavy atom. The maximum absolute atomic E-state index is 5.75. The highest BCUT2D eigenvalue weighted by Gasteiger charge is 2.13. The van der Waals surface area contributed by atoms with E-state index in [4.69, 9.17) is 5.73 Å². The molecule has 0 spiro atoms. The Morgan fingerprint density at radius 2 is 2.00 bits per heavy atom. The fraction of sp³-hybridized carbons (Fsp3) is 0.714. The van der Waals surface area contributed by atoms with E-state index >= 15 is 0 Å². The molecule has 1 aliphatic heterocycles. The molecule has 78 valence electrons. The first-order chi connectivity index (χ1) is 6.86. The monoisotopic (exact) mass is 248 g/mol. The maximum atomic E-state index is 5.75. The van der Waals surface area contributed by atoms with E-state index in [1.807, 2.05) is 21.6 Å².